The number of esters is 1. The smallest absolute Gasteiger partial charge is 0.310 e. The standard InChI is InChI=1S/C9H11IO3/c10-7-3-1-4-6(5(3)2-11)9(12)13-8(4)7/h3-8,11H,1-2H2/t3-,4-,5-,6+,7+,8+/m1/s1. The molecule has 3 aliphatic rings. The molecule has 2 saturated carbocycles. The molecule has 0 aromatic carbocycles. The molecule has 0 aromatic heterocycles. The molecule has 3 nitrogen and oxygen atoms in total. The fourth-order valence-electron chi connectivity index (χ4n) is 3.37. The Hall–Kier alpha value is 0.160. The van der Waals surface area contributed by atoms with Crippen molar-refractivity contribution in [1.82, 2.24) is 0 Å². The molecule has 1 aliphatic heterocycles. The summed E-state index contributed by atoms with van der Waals surface area (Å²) in [5.41, 5.74) is 0. The van der Waals surface area contributed by atoms with E-state index in [1.807, 2.05) is 0 Å². The number of aliphatic hydroxyl groups is 1. The minimum Gasteiger partial charge on any atom is -0.461 e. The fourth-order valence-corrected chi connectivity index (χ4v) is 4.87. The van der Waals surface area contributed by atoms with E-state index in [2.05, 4.69) is 22.6 Å². The van der Waals surface area contributed by atoms with Crippen LogP contribution in [0, 0.1) is 23.7 Å². The van der Waals surface area contributed by atoms with Gasteiger partial charge in [-0.2, -0.15) is 0 Å². The van der Waals surface area contributed by atoms with Gasteiger partial charge in [0.05, 0.1) is 9.84 Å². The molecular formula is C9H11IO3. The van der Waals surface area contributed by atoms with Crippen LogP contribution in [0.2, 0.25) is 0 Å². The molecule has 0 radical (unpaired) electrons. The van der Waals surface area contributed by atoms with Crippen LogP contribution in [-0.2, 0) is 9.53 Å². The highest BCUT2D eigenvalue weighted by atomic mass is 127. The first-order chi connectivity index (χ1) is 6.24. The van der Waals surface area contributed by atoms with Gasteiger partial charge in [0, 0.05) is 12.5 Å². The molecule has 0 aromatic rings. The van der Waals surface area contributed by atoms with Gasteiger partial charge >= 0.3 is 5.97 Å². The number of alkyl halides is 1. The number of hydrogen-bond acceptors (Lipinski definition) is 3. The summed E-state index contributed by atoms with van der Waals surface area (Å²) in [5.74, 6) is 1.06. The van der Waals surface area contributed by atoms with Gasteiger partial charge in [-0.25, -0.2) is 0 Å². The number of halogens is 1. The van der Waals surface area contributed by atoms with Gasteiger partial charge in [-0.3, -0.25) is 4.79 Å². The van der Waals surface area contributed by atoms with Crippen LogP contribution in [-0.4, -0.2) is 27.7 Å². The highest BCUT2D eigenvalue weighted by Crippen LogP contribution is 2.59. The zero-order valence-corrected chi connectivity index (χ0v) is 9.18. The molecule has 1 heterocycles. The molecule has 0 amide bonds. The van der Waals surface area contributed by atoms with Gasteiger partial charge in [-0.1, -0.05) is 22.6 Å². The highest BCUT2D eigenvalue weighted by Gasteiger charge is 2.65. The van der Waals surface area contributed by atoms with Gasteiger partial charge < -0.3 is 9.84 Å². The summed E-state index contributed by atoms with van der Waals surface area (Å²) in [6.45, 7) is 0.146. The minimum atomic E-state index is -0.0595. The first-order valence-electron chi connectivity index (χ1n) is 4.69. The van der Waals surface area contributed by atoms with Crippen molar-refractivity contribution >= 4 is 28.6 Å². The molecule has 1 N–H and O–H groups in total. The van der Waals surface area contributed by atoms with Crippen LogP contribution < -0.4 is 0 Å². The van der Waals surface area contributed by atoms with Crippen molar-refractivity contribution in [3.63, 3.8) is 0 Å². The third kappa shape index (κ3) is 0.862. The Labute approximate surface area is 90.0 Å². The van der Waals surface area contributed by atoms with Crippen LogP contribution >= 0.6 is 22.6 Å². The zero-order chi connectivity index (χ0) is 9.16. The number of ether oxygens (including phenoxy) is 1. The molecule has 6 atom stereocenters. The van der Waals surface area contributed by atoms with Crippen LogP contribution in [0.1, 0.15) is 6.42 Å². The van der Waals surface area contributed by atoms with Crippen LogP contribution in [0.15, 0.2) is 0 Å². The highest BCUT2D eigenvalue weighted by molar-refractivity contribution is 14.1. The van der Waals surface area contributed by atoms with E-state index in [9.17, 15) is 9.90 Å². The minimum absolute atomic E-state index is 0.0195. The van der Waals surface area contributed by atoms with Gasteiger partial charge in [-0.05, 0) is 18.3 Å². The maximum absolute atomic E-state index is 11.5. The second kappa shape index (κ2) is 2.59. The van der Waals surface area contributed by atoms with Gasteiger partial charge in [0.2, 0.25) is 0 Å². The summed E-state index contributed by atoms with van der Waals surface area (Å²) in [5, 5.41) is 9.23. The summed E-state index contributed by atoms with van der Waals surface area (Å²) in [7, 11) is 0. The van der Waals surface area contributed by atoms with Gasteiger partial charge in [0.1, 0.15) is 6.10 Å². The Bertz CT molecular complexity index is 268. The van der Waals surface area contributed by atoms with Crippen LogP contribution in [0.3, 0.4) is 0 Å². The Morgan fingerprint density at radius 1 is 1.54 bits per heavy atom. The molecule has 3 fully saturated rings. The summed E-state index contributed by atoms with van der Waals surface area (Å²) < 4.78 is 5.76. The molecule has 13 heavy (non-hydrogen) atoms. The first-order valence-corrected chi connectivity index (χ1v) is 5.94. The number of aliphatic hydroxyl groups excluding tert-OH is 1. The predicted molar refractivity (Wildman–Crippen MR) is 53.4 cm³/mol. The van der Waals surface area contributed by atoms with Crippen molar-refractivity contribution in [2.45, 2.75) is 16.4 Å². The lowest BCUT2D eigenvalue weighted by atomic mass is 9.80. The van der Waals surface area contributed by atoms with E-state index < -0.39 is 0 Å². The van der Waals surface area contributed by atoms with E-state index in [-0.39, 0.29) is 30.5 Å². The summed E-state index contributed by atoms with van der Waals surface area (Å²) in [6.07, 6.45) is 1.24. The van der Waals surface area contributed by atoms with Crippen molar-refractivity contribution in [3.05, 3.63) is 0 Å². The molecule has 0 spiro atoms. The summed E-state index contributed by atoms with van der Waals surface area (Å²) in [4.78, 5) is 11.5. The van der Waals surface area contributed by atoms with Crippen molar-refractivity contribution in [1.29, 1.82) is 0 Å². The van der Waals surface area contributed by atoms with E-state index in [1.54, 1.807) is 0 Å². The molecule has 3 rings (SSSR count). The number of fused-ring (bicyclic) bond motifs is 1. The largest absolute Gasteiger partial charge is 0.461 e. The number of carbonyl (C=O) groups is 1. The van der Waals surface area contributed by atoms with Crippen LogP contribution in [0.25, 0.3) is 0 Å². The lowest BCUT2D eigenvalue weighted by Gasteiger charge is -2.26. The van der Waals surface area contributed by atoms with Crippen LogP contribution in [0.4, 0.5) is 0 Å². The molecule has 72 valence electrons. The average molecular weight is 294 g/mol. The van der Waals surface area contributed by atoms with Crippen molar-refractivity contribution in [2.75, 3.05) is 6.61 Å². The number of carbonyl (C=O) groups excluding carboxylic acids is 1. The monoisotopic (exact) mass is 294 g/mol. The molecule has 0 unspecified atom stereocenters. The lowest BCUT2D eigenvalue weighted by Crippen LogP contribution is -2.35. The van der Waals surface area contributed by atoms with Crippen molar-refractivity contribution < 1.29 is 14.6 Å². The molecule has 2 bridgehead atoms. The summed E-state index contributed by atoms with van der Waals surface area (Å²) >= 11 is 2.37. The second-order valence-corrected chi connectivity index (χ2v) is 5.72. The van der Waals surface area contributed by atoms with Gasteiger partial charge in [-0.15, -0.1) is 0 Å². The van der Waals surface area contributed by atoms with E-state index >= 15 is 0 Å². The first kappa shape index (κ1) is 8.47. The Balaban J connectivity index is 2.01. The van der Waals surface area contributed by atoms with E-state index in [0.717, 1.165) is 6.42 Å². The van der Waals surface area contributed by atoms with Gasteiger partial charge in [0.25, 0.3) is 0 Å². The van der Waals surface area contributed by atoms with E-state index in [0.29, 0.717) is 15.8 Å². The third-order valence-corrected chi connectivity index (χ3v) is 5.53. The Morgan fingerprint density at radius 2 is 2.31 bits per heavy atom. The molecule has 2 aliphatic carbocycles. The normalized spacial score (nSPS) is 57.2. The quantitative estimate of drug-likeness (QED) is 0.437. The second-order valence-electron chi connectivity index (χ2n) is 4.28. The van der Waals surface area contributed by atoms with Crippen molar-refractivity contribution in [3.8, 4) is 0 Å². The topological polar surface area (TPSA) is 46.5 Å². The van der Waals surface area contributed by atoms with Crippen LogP contribution in [0.5, 0.6) is 0 Å². The number of hydrogen-bond donors (Lipinski definition) is 1. The molecular weight excluding hydrogens is 283 g/mol. The molecule has 4 heteroatoms. The molecule has 1 saturated heterocycles. The fraction of sp³-hybridized carbons (Fsp3) is 0.889. The SMILES string of the molecule is O=C1O[C@@H]2[C@@H](I)[C@@H]3C[C@@H]2[C@H]1[C@@H]3CO. The van der Waals surface area contributed by atoms with E-state index in [4.69, 9.17) is 4.74 Å². The summed E-state index contributed by atoms with van der Waals surface area (Å²) in [6, 6.07) is 0. The maximum Gasteiger partial charge on any atom is 0.310 e. The number of rotatable bonds is 1. The van der Waals surface area contributed by atoms with E-state index in [1.165, 1.54) is 0 Å². The average Bonchev–Trinajstić information content (AvgIpc) is 2.68. The van der Waals surface area contributed by atoms with Gasteiger partial charge in [0.15, 0.2) is 0 Å². The predicted octanol–water partition coefficient (Wildman–Crippen LogP) is 0.590. The lowest BCUT2D eigenvalue weighted by molar-refractivity contribution is -0.144. The third-order valence-electron chi connectivity index (χ3n) is 3.90. The Kier molecular flexibility index (Phi) is 1.69. The zero-order valence-electron chi connectivity index (χ0n) is 7.02. The Morgan fingerprint density at radius 3 is 3.00 bits per heavy atom. The van der Waals surface area contributed by atoms with Crippen molar-refractivity contribution in [2.24, 2.45) is 23.7 Å². The maximum atomic E-state index is 11.5.